The Kier molecular flexibility index (Phi) is 4.91. The normalized spacial score (nSPS) is 23.0. The Bertz CT molecular complexity index is 614. The van der Waals surface area contributed by atoms with Gasteiger partial charge in [-0.1, -0.05) is 12.8 Å². The molecule has 5 nitrogen and oxygen atoms in total. The van der Waals surface area contributed by atoms with Gasteiger partial charge in [0.15, 0.2) is 0 Å². The van der Waals surface area contributed by atoms with Gasteiger partial charge in [-0.15, -0.1) is 0 Å². The van der Waals surface area contributed by atoms with Gasteiger partial charge in [0.05, 0.1) is 17.0 Å². The lowest BCUT2D eigenvalue weighted by atomic mass is 9.92. The maximum atomic E-state index is 11.6. The third-order valence-corrected chi connectivity index (χ3v) is 5.21. The Labute approximate surface area is 126 Å². The molecule has 6 heteroatoms. The molecular formula is C15H24N2O3S. The minimum absolute atomic E-state index is 0.151. The van der Waals surface area contributed by atoms with Crippen molar-refractivity contribution in [2.45, 2.75) is 56.6 Å². The molecule has 0 heterocycles. The molecule has 1 aliphatic rings. The number of nitrogens with one attached hydrogen (secondary N) is 1. The standard InChI is InChI=1S/C15H24N2O3S/c1-10-8-12(21(16,18)19)9-14(11(10)2)17-13-6-4-5-7-15(13)20-3/h8-9,13,15,17H,4-7H2,1-3H3,(H2,16,18,19). The highest BCUT2D eigenvalue weighted by molar-refractivity contribution is 7.89. The largest absolute Gasteiger partial charge is 0.379 e. The van der Waals surface area contributed by atoms with E-state index >= 15 is 0 Å². The first-order valence-electron chi connectivity index (χ1n) is 7.26. The van der Waals surface area contributed by atoms with E-state index in [0.29, 0.717) is 0 Å². The number of primary sulfonamides is 1. The molecule has 2 unspecified atom stereocenters. The summed E-state index contributed by atoms with van der Waals surface area (Å²) in [5.74, 6) is 0. The van der Waals surface area contributed by atoms with Gasteiger partial charge < -0.3 is 10.1 Å². The van der Waals surface area contributed by atoms with Crippen molar-refractivity contribution in [3.8, 4) is 0 Å². The second-order valence-electron chi connectivity index (χ2n) is 5.77. The quantitative estimate of drug-likeness (QED) is 0.894. The maximum absolute atomic E-state index is 11.6. The van der Waals surface area contributed by atoms with Crippen LogP contribution in [-0.2, 0) is 14.8 Å². The molecule has 2 rings (SSSR count). The Morgan fingerprint density at radius 2 is 1.90 bits per heavy atom. The number of benzene rings is 1. The monoisotopic (exact) mass is 312 g/mol. The zero-order chi connectivity index (χ0) is 15.6. The molecule has 0 saturated heterocycles. The van der Waals surface area contributed by atoms with Crippen LogP contribution >= 0.6 is 0 Å². The first-order chi connectivity index (χ1) is 9.82. The number of ether oxygens (including phenoxy) is 1. The first-order valence-corrected chi connectivity index (χ1v) is 8.81. The average molecular weight is 312 g/mol. The molecule has 2 atom stereocenters. The smallest absolute Gasteiger partial charge is 0.238 e. The number of hydrogen-bond acceptors (Lipinski definition) is 4. The van der Waals surface area contributed by atoms with Crippen LogP contribution in [0, 0.1) is 13.8 Å². The van der Waals surface area contributed by atoms with Crippen molar-refractivity contribution in [1.82, 2.24) is 0 Å². The summed E-state index contributed by atoms with van der Waals surface area (Å²) in [6.45, 7) is 3.87. The van der Waals surface area contributed by atoms with E-state index < -0.39 is 10.0 Å². The number of sulfonamides is 1. The van der Waals surface area contributed by atoms with E-state index in [9.17, 15) is 8.42 Å². The Morgan fingerprint density at radius 1 is 1.24 bits per heavy atom. The Balaban J connectivity index is 2.32. The van der Waals surface area contributed by atoms with Crippen LogP contribution in [0.1, 0.15) is 36.8 Å². The molecular weight excluding hydrogens is 288 g/mol. The highest BCUT2D eigenvalue weighted by Gasteiger charge is 2.25. The lowest BCUT2D eigenvalue weighted by Crippen LogP contribution is -2.38. The van der Waals surface area contributed by atoms with Crippen molar-refractivity contribution in [2.75, 3.05) is 12.4 Å². The molecule has 118 valence electrons. The van der Waals surface area contributed by atoms with Crippen LogP contribution in [0.15, 0.2) is 17.0 Å². The van der Waals surface area contributed by atoms with E-state index in [1.807, 2.05) is 13.8 Å². The van der Waals surface area contributed by atoms with E-state index in [1.165, 1.54) is 6.42 Å². The average Bonchev–Trinajstić information content (AvgIpc) is 2.43. The number of methoxy groups -OCH3 is 1. The molecule has 3 N–H and O–H groups in total. The predicted molar refractivity (Wildman–Crippen MR) is 84.0 cm³/mol. The fourth-order valence-electron chi connectivity index (χ4n) is 2.88. The summed E-state index contributed by atoms with van der Waals surface area (Å²) in [7, 11) is -1.97. The van der Waals surface area contributed by atoms with Gasteiger partial charge in [0, 0.05) is 12.8 Å². The van der Waals surface area contributed by atoms with Crippen LogP contribution in [0.3, 0.4) is 0 Å². The highest BCUT2D eigenvalue weighted by atomic mass is 32.2. The summed E-state index contributed by atoms with van der Waals surface area (Å²) >= 11 is 0. The molecule has 0 aliphatic heterocycles. The van der Waals surface area contributed by atoms with Crippen LogP contribution in [0.5, 0.6) is 0 Å². The van der Waals surface area contributed by atoms with Crippen LogP contribution in [0.2, 0.25) is 0 Å². The molecule has 21 heavy (non-hydrogen) atoms. The number of hydrogen-bond donors (Lipinski definition) is 2. The van der Waals surface area contributed by atoms with E-state index in [0.717, 1.165) is 36.1 Å². The van der Waals surface area contributed by atoms with Gasteiger partial charge >= 0.3 is 0 Å². The van der Waals surface area contributed by atoms with E-state index in [-0.39, 0.29) is 17.0 Å². The van der Waals surface area contributed by atoms with E-state index in [1.54, 1.807) is 19.2 Å². The molecule has 1 aromatic rings. The maximum Gasteiger partial charge on any atom is 0.238 e. The summed E-state index contributed by atoms with van der Waals surface area (Å²) in [5, 5.41) is 8.71. The van der Waals surface area contributed by atoms with Gasteiger partial charge in [-0.2, -0.15) is 0 Å². The zero-order valence-corrected chi connectivity index (χ0v) is 13.7. The second-order valence-corrected chi connectivity index (χ2v) is 7.33. The van der Waals surface area contributed by atoms with Gasteiger partial charge in [0.1, 0.15) is 0 Å². The minimum Gasteiger partial charge on any atom is -0.379 e. The summed E-state index contributed by atoms with van der Waals surface area (Å²) < 4.78 is 28.7. The van der Waals surface area contributed by atoms with Gasteiger partial charge in [-0.25, -0.2) is 13.6 Å². The second kappa shape index (κ2) is 6.34. The van der Waals surface area contributed by atoms with Crippen molar-refractivity contribution in [3.05, 3.63) is 23.3 Å². The van der Waals surface area contributed by atoms with Gasteiger partial charge in [-0.3, -0.25) is 0 Å². The van der Waals surface area contributed by atoms with Crippen LogP contribution in [-0.4, -0.2) is 27.7 Å². The molecule has 1 aromatic carbocycles. The summed E-state index contributed by atoms with van der Waals surface area (Å²) in [5.41, 5.74) is 2.78. The Morgan fingerprint density at radius 3 is 2.52 bits per heavy atom. The first kappa shape index (κ1) is 16.3. The van der Waals surface area contributed by atoms with Crippen LogP contribution in [0.25, 0.3) is 0 Å². The molecule has 0 amide bonds. The lowest BCUT2D eigenvalue weighted by Gasteiger charge is -2.32. The minimum atomic E-state index is -3.70. The van der Waals surface area contributed by atoms with E-state index in [4.69, 9.17) is 9.88 Å². The van der Waals surface area contributed by atoms with Crippen molar-refractivity contribution < 1.29 is 13.2 Å². The number of rotatable bonds is 4. The third-order valence-electron chi connectivity index (χ3n) is 4.32. The topological polar surface area (TPSA) is 81.4 Å². The molecule has 1 saturated carbocycles. The third kappa shape index (κ3) is 3.75. The number of nitrogens with two attached hydrogens (primary N) is 1. The fraction of sp³-hybridized carbons (Fsp3) is 0.600. The summed E-state index contributed by atoms with van der Waals surface area (Å²) in [6.07, 6.45) is 4.55. The fourth-order valence-corrected chi connectivity index (χ4v) is 3.51. The van der Waals surface area contributed by atoms with Crippen LogP contribution < -0.4 is 10.5 Å². The molecule has 0 spiro atoms. The summed E-state index contributed by atoms with van der Waals surface area (Å²) in [4.78, 5) is 0.151. The molecule has 1 aliphatic carbocycles. The SMILES string of the molecule is COC1CCCCC1Nc1cc(S(N)(=O)=O)cc(C)c1C. The van der Waals surface area contributed by atoms with Crippen molar-refractivity contribution >= 4 is 15.7 Å². The summed E-state index contributed by atoms with van der Waals surface area (Å²) in [6, 6.07) is 3.45. The van der Waals surface area contributed by atoms with Crippen molar-refractivity contribution in [3.63, 3.8) is 0 Å². The molecule has 0 aromatic heterocycles. The Hall–Kier alpha value is -1.11. The van der Waals surface area contributed by atoms with Gasteiger partial charge in [0.2, 0.25) is 10.0 Å². The highest BCUT2D eigenvalue weighted by Crippen LogP contribution is 2.28. The van der Waals surface area contributed by atoms with E-state index in [2.05, 4.69) is 5.32 Å². The number of aryl methyl sites for hydroxylation is 1. The zero-order valence-electron chi connectivity index (χ0n) is 12.8. The predicted octanol–water partition coefficient (Wildman–Crippen LogP) is 2.32. The number of anilines is 1. The lowest BCUT2D eigenvalue weighted by molar-refractivity contribution is 0.0606. The molecule has 0 bridgehead atoms. The van der Waals surface area contributed by atoms with Crippen molar-refractivity contribution in [2.24, 2.45) is 5.14 Å². The van der Waals surface area contributed by atoms with Gasteiger partial charge in [0.25, 0.3) is 0 Å². The van der Waals surface area contributed by atoms with Gasteiger partial charge in [-0.05, 0) is 49.9 Å². The van der Waals surface area contributed by atoms with Crippen LogP contribution in [0.4, 0.5) is 5.69 Å². The van der Waals surface area contributed by atoms with Crippen molar-refractivity contribution in [1.29, 1.82) is 0 Å². The molecule has 0 radical (unpaired) electrons. The molecule has 1 fully saturated rings.